The lowest BCUT2D eigenvalue weighted by Crippen LogP contribution is -2.29. The highest BCUT2D eigenvalue weighted by molar-refractivity contribution is 5.99. The second-order valence-electron chi connectivity index (χ2n) is 6.37. The van der Waals surface area contributed by atoms with Crippen LogP contribution in [0.3, 0.4) is 0 Å². The molecule has 4 atom stereocenters. The Hall–Kier alpha value is -1.94. The summed E-state index contributed by atoms with van der Waals surface area (Å²) in [6.07, 6.45) is 6.85. The summed E-state index contributed by atoms with van der Waals surface area (Å²) in [5.41, 5.74) is 3.61. The number of carbonyl (C=O) groups is 2. The van der Waals surface area contributed by atoms with E-state index < -0.39 is 6.29 Å². The molecule has 22 heavy (non-hydrogen) atoms. The summed E-state index contributed by atoms with van der Waals surface area (Å²) in [5.74, 6) is 0.154. The minimum Gasteiger partial charge on any atom is -0.432 e. The van der Waals surface area contributed by atoms with Gasteiger partial charge in [-0.2, -0.15) is 0 Å². The van der Waals surface area contributed by atoms with Crippen molar-refractivity contribution in [2.75, 3.05) is 0 Å². The van der Waals surface area contributed by atoms with Crippen LogP contribution in [-0.4, -0.2) is 24.1 Å². The van der Waals surface area contributed by atoms with Gasteiger partial charge in [-0.15, -0.1) is 6.58 Å². The van der Waals surface area contributed by atoms with E-state index in [1.54, 1.807) is 6.08 Å². The van der Waals surface area contributed by atoms with Gasteiger partial charge >= 0.3 is 5.97 Å². The van der Waals surface area contributed by atoms with Gasteiger partial charge in [0.05, 0.1) is 17.6 Å². The maximum absolute atomic E-state index is 12.1. The average molecular weight is 298 g/mol. The molecule has 3 unspecified atom stereocenters. The quantitative estimate of drug-likeness (QED) is 0.591. The van der Waals surface area contributed by atoms with Crippen LogP contribution >= 0.6 is 0 Å². The second-order valence-corrected chi connectivity index (χ2v) is 6.37. The monoisotopic (exact) mass is 298 g/mol. The van der Waals surface area contributed by atoms with Crippen LogP contribution in [0, 0.1) is 11.8 Å². The molecule has 4 aliphatic rings. The Kier molecular flexibility index (Phi) is 2.98. The minimum absolute atomic E-state index is 0.00106. The van der Waals surface area contributed by atoms with Gasteiger partial charge in [0, 0.05) is 12.0 Å². The van der Waals surface area contributed by atoms with Crippen molar-refractivity contribution in [3.05, 3.63) is 47.1 Å². The minimum atomic E-state index is -0.564. The highest BCUT2D eigenvalue weighted by Gasteiger charge is 2.52. The average Bonchev–Trinajstić information content (AvgIpc) is 3.21. The zero-order chi connectivity index (χ0) is 15.4. The number of ketones is 1. The molecule has 4 rings (SSSR count). The van der Waals surface area contributed by atoms with Gasteiger partial charge < -0.3 is 9.47 Å². The fourth-order valence-corrected chi connectivity index (χ4v) is 4.05. The van der Waals surface area contributed by atoms with Crippen molar-refractivity contribution in [2.45, 2.75) is 38.6 Å². The molecule has 0 aromatic carbocycles. The van der Waals surface area contributed by atoms with E-state index in [9.17, 15) is 9.59 Å². The van der Waals surface area contributed by atoms with Crippen LogP contribution in [0.5, 0.6) is 0 Å². The van der Waals surface area contributed by atoms with Gasteiger partial charge in [0.15, 0.2) is 5.78 Å². The van der Waals surface area contributed by atoms with E-state index in [1.807, 2.05) is 13.0 Å². The first-order valence-electron chi connectivity index (χ1n) is 7.71. The zero-order valence-electron chi connectivity index (χ0n) is 12.5. The summed E-state index contributed by atoms with van der Waals surface area (Å²) in [5, 5.41) is 0. The Labute approximate surface area is 129 Å². The topological polar surface area (TPSA) is 52.6 Å². The Bertz CT molecular complexity index is 679. The molecule has 0 radical (unpaired) electrons. The van der Waals surface area contributed by atoms with Gasteiger partial charge in [-0.3, -0.25) is 4.79 Å². The van der Waals surface area contributed by atoms with Crippen molar-refractivity contribution >= 4 is 11.8 Å². The number of esters is 1. The van der Waals surface area contributed by atoms with Gasteiger partial charge in [-0.1, -0.05) is 18.2 Å². The Morgan fingerprint density at radius 3 is 3.00 bits per heavy atom. The number of ether oxygens (including phenoxy) is 2. The molecule has 1 saturated heterocycles. The van der Waals surface area contributed by atoms with E-state index in [-0.39, 0.29) is 23.8 Å². The summed E-state index contributed by atoms with van der Waals surface area (Å²) in [6.45, 7) is 5.61. The zero-order valence-corrected chi connectivity index (χ0v) is 12.5. The first-order valence-corrected chi connectivity index (χ1v) is 7.71. The molecule has 0 N–H and O–H groups in total. The molecule has 4 heteroatoms. The van der Waals surface area contributed by atoms with Crippen molar-refractivity contribution < 1.29 is 19.1 Å². The van der Waals surface area contributed by atoms with Crippen LogP contribution in [0.1, 0.15) is 26.2 Å². The molecule has 1 fully saturated rings. The molecular weight excluding hydrogens is 280 g/mol. The van der Waals surface area contributed by atoms with Crippen molar-refractivity contribution in [1.82, 2.24) is 0 Å². The molecule has 0 spiro atoms. The number of Topliss-reactive ketones (excluding diaryl/α,β-unsaturated/α-hetero) is 1. The first-order chi connectivity index (χ1) is 10.6. The van der Waals surface area contributed by atoms with Gasteiger partial charge in [0.1, 0.15) is 0 Å². The van der Waals surface area contributed by atoms with Crippen LogP contribution < -0.4 is 0 Å². The molecule has 0 aromatic heterocycles. The Balaban J connectivity index is 1.55. The lowest BCUT2D eigenvalue weighted by molar-refractivity contribution is -0.177. The predicted octanol–water partition coefficient (Wildman–Crippen LogP) is 2.62. The smallest absolute Gasteiger partial charge is 0.337 e. The molecule has 2 bridgehead atoms. The van der Waals surface area contributed by atoms with E-state index in [1.165, 1.54) is 0 Å². The van der Waals surface area contributed by atoms with Gasteiger partial charge in [0.2, 0.25) is 6.29 Å². The van der Waals surface area contributed by atoms with Crippen LogP contribution in [0.2, 0.25) is 0 Å². The number of rotatable bonds is 4. The van der Waals surface area contributed by atoms with Crippen molar-refractivity contribution in [1.29, 1.82) is 0 Å². The second kappa shape index (κ2) is 4.78. The fourth-order valence-electron chi connectivity index (χ4n) is 4.05. The molecule has 0 aromatic rings. The molecule has 1 heterocycles. The van der Waals surface area contributed by atoms with Crippen molar-refractivity contribution in [3.63, 3.8) is 0 Å². The summed E-state index contributed by atoms with van der Waals surface area (Å²) < 4.78 is 11.5. The normalized spacial score (nSPS) is 35.7. The third-order valence-corrected chi connectivity index (χ3v) is 5.19. The molecular formula is C18H18O4. The van der Waals surface area contributed by atoms with Gasteiger partial charge in [-0.25, -0.2) is 4.79 Å². The fraction of sp³-hybridized carbons (Fsp3) is 0.444. The lowest BCUT2D eigenvalue weighted by atomic mass is 9.91. The predicted molar refractivity (Wildman–Crippen MR) is 79.7 cm³/mol. The molecule has 4 nitrogen and oxygen atoms in total. The Morgan fingerprint density at radius 1 is 1.41 bits per heavy atom. The lowest BCUT2D eigenvalue weighted by Gasteiger charge is -2.24. The molecule has 1 aliphatic heterocycles. The molecule has 3 aliphatic carbocycles. The number of hydrogen-bond acceptors (Lipinski definition) is 4. The van der Waals surface area contributed by atoms with Gasteiger partial charge in [0.25, 0.3) is 0 Å². The number of carbonyl (C=O) groups excluding carboxylic acids is 2. The van der Waals surface area contributed by atoms with E-state index in [0.717, 1.165) is 28.7 Å². The molecule has 114 valence electrons. The molecule has 0 amide bonds. The summed E-state index contributed by atoms with van der Waals surface area (Å²) >= 11 is 0. The van der Waals surface area contributed by atoms with Crippen LogP contribution in [0.15, 0.2) is 47.1 Å². The molecule has 0 saturated carbocycles. The van der Waals surface area contributed by atoms with Crippen LogP contribution in [0.4, 0.5) is 0 Å². The van der Waals surface area contributed by atoms with E-state index in [4.69, 9.17) is 9.47 Å². The van der Waals surface area contributed by atoms with E-state index >= 15 is 0 Å². The highest BCUT2D eigenvalue weighted by atomic mass is 16.7. The summed E-state index contributed by atoms with van der Waals surface area (Å²) in [7, 11) is 0. The van der Waals surface area contributed by atoms with Crippen molar-refractivity contribution in [2.24, 2.45) is 11.8 Å². The van der Waals surface area contributed by atoms with Crippen LogP contribution in [0.25, 0.3) is 0 Å². The van der Waals surface area contributed by atoms with E-state index in [2.05, 4.69) is 12.7 Å². The summed E-state index contributed by atoms with van der Waals surface area (Å²) in [6, 6.07) is 0. The number of allylic oxidation sites excluding steroid dienone is 5. The van der Waals surface area contributed by atoms with Crippen LogP contribution in [-0.2, 0) is 19.1 Å². The number of fused-ring (bicyclic) bond motifs is 4. The largest absolute Gasteiger partial charge is 0.432 e. The standard InChI is InChI=1S/C18H18O4/c1-3-4-12-9(2)14(8-13(12)19)21-18-16-11-6-5-10(7-11)15(16)17(20)22-18/h3,5-6,11,14,16,18H,1,4,7-8H2,2H3/t11?,14-,16?,18?/m1/s1. The third-order valence-electron chi connectivity index (χ3n) is 5.19. The summed E-state index contributed by atoms with van der Waals surface area (Å²) in [4.78, 5) is 24.1. The number of cyclic esters (lactones) is 1. The first kappa shape index (κ1) is 13.7. The van der Waals surface area contributed by atoms with E-state index in [0.29, 0.717) is 18.8 Å². The Morgan fingerprint density at radius 2 is 2.23 bits per heavy atom. The maximum atomic E-state index is 12.1. The van der Waals surface area contributed by atoms with Crippen molar-refractivity contribution in [3.8, 4) is 0 Å². The highest BCUT2D eigenvalue weighted by Crippen LogP contribution is 2.50. The SMILES string of the molecule is C=CCC1=C(C)[C@H](OC2OC(=O)C3=C4C=CC(C4)C32)CC1=O. The van der Waals surface area contributed by atoms with Gasteiger partial charge in [-0.05, 0) is 36.8 Å². The number of hydrogen-bond donors (Lipinski definition) is 0. The third kappa shape index (κ3) is 1.80. The maximum Gasteiger partial charge on any atom is 0.337 e.